The normalized spacial score (nSPS) is 34.0. The Kier molecular flexibility index (Phi) is 15.9. The smallest absolute Gasteiger partial charge is 0.303 e. The van der Waals surface area contributed by atoms with E-state index in [-0.39, 0.29) is 30.2 Å². The minimum Gasteiger partial charge on any atom is -0.457 e. The van der Waals surface area contributed by atoms with Gasteiger partial charge in [-0.25, -0.2) is 0 Å². The summed E-state index contributed by atoms with van der Waals surface area (Å²) in [6.07, 6.45) is 18.0. The number of amides is 3. The lowest BCUT2D eigenvalue weighted by Gasteiger charge is -2.45. The lowest BCUT2D eigenvalue weighted by atomic mass is 9.73. The maximum absolute atomic E-state index is 13.8. The molecule has 1 aliphatic heterocycles. The minimum atomic E-state index is -0.986. The van der Waals surface area contributed by atoms with Crippen LogP contribution < -0.4 is 16.0 Å². The number of fused-ring (bicyclic) bond motifs is 1. The predicted molar refractivity (Wildman–Crippen MR) is 189 cm³/mol. The minimum absolute atomic E-state index is 0.207. The molecule has 10 atom stereocenters. The van der Waals surface area contributed by atoms with Crippen LogP contribution in [0.5, 0.6) is 0 Å². The molecule has 10 heteroatoms. The van der Waals surface area contributed by atoms with Crippen molar-refractivity contribution in [3.8, 4) is 0 Å². The Morgan fingerprint density at radius 1 is 0.857 bits per heavy atom. The molecule has 4 aliphatic rings. The molecular formula is C39H65N3O7. The van der Waals surface area contributed by atoms with Gasteiger partial charge in [0.05, 0.1) is 12.1 Å². The first-order chi connectivity index (χ1) is 23.6. The molecule has 0 radical (unpaired) electrons. The maximum atomic E-state index is 13.8. The highest BCUT2D eigenvalue weighted by Crippen LogP contribution is 2.49. The van der Waals surface area contributed by atoms with Crippen molar-refractivity contribution in [1.29, 1.82) is 0 Å². The van der Waals surface area contributed by atoms with Crippen molar-refractivity contribution >= 4 is 23.7 Å². The van der Waals surface area contributed by atoms with E-state index in [2.05, 4.69) is 35.0 Å². The first-order valence-electron chi connectivity index (χ1n) is 19.6. The molecule has 10 nitrogen and oxygen atoms in total. The average Bonchev–Trinajstić information content (AvgIpc) is 3.50. The van der Waals surface area contributed by atoms with E-state index < -0.39 is 36.4 Å². The van der Waals surface area contributed by atoms with Gasteiger partial charge in [-0.2, -0.15) is 0 Å². The fourth-order valence-electron chi connectivity index (χ4n) is 9.11. The molecular weight excluding hydrogens is 622 g/mol. The number of allylic oxidation sites excluding steroid dienone is 1. The number of nitrogens with one attached hydrogen (secondary N) is 3. The molecule has 1 saturated heterocycles. The SMILES string of the molecule is CCOC1C(C(=O)NCC2C=CC(C)C3CC(CCCC(=O)NC4CCCCCCCCC4)CC23)O[C@@H](CC)C(NC(C)=O)[C@H]1OC(C)=O. The van der Waals surface area contributed by atoms with Crippen LogP contribution in [0.15, 0.2) is 12.2 Å². The molecule has 0 bridgehead atoms. The predicted octanol–water partition coefficient (Wildman–Crippen LogP) is 5.77. The molecule has 0 aromatic heterocycles. The highest BCUT2D eigenvalue weighted by atomic mass is 16.6. The third kappa shape index (κ3) is 11.5. The second-order valence-corrected chi connectivity index (χ2v) is 15.3. The van der Waals surface area contributed by atoms with Crippen LogP contribution in [-0.2, 0) is 33.4 Å². The van der Waals surface area contributed by atoms with E-state index in [1.54, 1.807) is 0 Å². The lowest BCUT2D eigenvalue weighted by molar-refractivity contribution is -0.215. The van der Waals surface area contributed by atoms with Crippen LogP contribution in [0.2, 0.25) is 0 Å². The van der Waals surface area contributed by atoms with E-state index in [4.69, 9.17) is 14.2 Å². The Labute approximate surface area is 295 Å². The maximum Gasteiger partial charge on any atom is 0.303 e. The van der Waals surface area contributed by atoms with Crippen molar-refractivity contribution in [2.75, 3.05) is 13.2 Å². The van der Waals surface area contributed by atoms with Gasteiger partial charge in [0.2, 0.25) is 11.8 Å². The lowest BCUT2D eigenvalue weighted by Crippen LogP contribution is -2.67. The standard InChI is InChI=1S/C39H65N3O7/c1-6-33-35(41-26(4)43)36(48-27(5)44)37(47-7-2)38(49-33)39(46)40-24-29-21-20-25(3)31-22-28(23-32(29)31)16-15-19-34(45)42-30-17-13-11-9-8-10-12-14-18-30/h20-21,25,28-33,35-38H,6-19,22-24H2,1-5H3,(H,40,46)(H,41,43)(H,42,45)/t25?,28?,29?,31?,32?,33-,35?,36+,37?,38?/m0/s1. The van der Waals surface area contributed by atoms with Crippen LogP contribution in [0.1, 0.15) is 131 Å². The van der Waals surface area contributed by atoms with Gasteiger partial charge in [0, 0.05) is 39.5 Å². The van der Waals surface area contributed by atoms with Crippen LogP contribution in [0.3, 0.4) is 0 Å². The molecule has 3 N–H and O–H groups in total. The van der Waals surface area contributed by atoms with Gasteiger partial charge < -0.3 is 30.2 Å². The van der Waals surface area contributed by atoms with E-state index in [0.717, 1.165) is 38.5 Å². The van der Waals surface area contributed by atoms with Crippen LogP contribution in [0, 0.1) is 29.6 Å². The van der Waals surface area contributed by atoms with E-state index in [9.17, 15) is 19.2 Å². The van der Waals surface area contributed by atoms with Crippen molar-refractivity contribution in [3.63, 3.8) is 0 Å². The molecule has 3 amide bonds. The molecule has 1 heterocycles. The Morgan fingerprint density at radius 2 is 1.53 bits per heavy atom. The van der Waals surface area contributed by atoms with Crippen molar-refractivity contribution in [3.05, 3.63) is 12.2 Å². The van der Waals surface area contributed by atoms with E-state index in [0.29, 0.717) is 49.1 Å². The Hall–Kier alpha value is -2.46. The summed E-state index contributed by atoms with van der Waals surface area (Å²) in [5.74, 6) is 1.45. The first-order valence-corrected chi connectivity index (χ1v) is 19.6. The summed E-state index contributed by atoms with van der Waals surface area (Å²) in [5, 5.41) is 9.40. The molecule has 278 valence electrons. The Morgan fingerprint density at radius 3 is 2.16 bits per heavy atom. The molecule has 0 spiro atoms. The van der Waals surface area contributed by atoms with E-state index in [1.807, 2.05) is 13.8 Å². The highest BCUT2D eigenvalue weighted by Gasteiger charge is 2.51. The highest BCUT2D eigenvalue weighted by molar-refractivity contribution is 5.82. The third-order valence-corrected chi connectivity index (χ3v) is 11.5. The van der Waals surface area contributed by atoms with Crippen molar-refractivity contribution < 1.29 is 33.4 Å². The van der Waals surface area contributed by atoms with Gasteiger partial charge in [-0.15, -0.1) is 0 Å². The Balaban J connectivity index is 1.30. The van der Waals surface area contributed by atoms with Gasteiger partial charge in [-0.3, -0.25) is 19.2 Å². The van der Waals surface area contributed by atoms with Crippen LogP contribution in [-0.4, -0.2) is 73.3 Å². The van der Waals surface area contributed by atoms with Gasteiger partial charge in [-0.05, 0) is 81.5 Å². The summed E-state index contributed by atoms with van der Waals surface area (Å²) in [5.41, 5.74) is 0. The molecule has 49 heavy (non-hydrogen) atoms. The quantitative estimate of drug-likeness (QED) is 0.166. The molecule has 8 unspecified atom stereocenters. The molecule has 4 rings (SSSR count). The number of rotatable bonds is 13. The molecule has 0 aromatic carbocycles. The van der Waals surface area contributed by atoms with Gasteiger partial charge in [0.25, 0.3) is 5.91 Å². The summed E-state index contributed by atoms with van der Waals surface area (Å²) < 4.78 is 18.0. The monoisotopic (exact) mass is 687 g/mol. The van der Waals surface area contributed by atoms with Crippen LogP contribution in [0.4, 0.5) is 0 Å². The topological polar surface area (TPSA) is 132 Å². The molecule has 3 aliphatic carbocycles. The van der Waals surface area contributed by atoms with Gasteiger partial charge in [0.15, 0.2) is 12.2 Å². The summed E-state index contributed by atoms with van der Waals surface area (Å²) in [4.78, 5) is 50.8. The second kappa shape index (κ2) is 19.8. The van der Waals surface area contributed by atoms with Crippen molar-refractivity contribution in [1.82, 2.24) is 16.0 Å². The van der Waals surface area contributed by atoms with E-state index in [1.165, 1.54) is 58.8 Å². The van der Waals surface area contributed by atoms with Gasteiger partial charge >= 0.3 is 5.97 Å². The van der Waals surface area contributed by atoms with Crippen LogP contribution >= 0.6 is 0 Å². The molecule has 0 aromatic rings. The first kappa shape index (κ1) is 39.3. The summed E-state index contributed by atoms with van der Waals surface area (Å²) in [6, 6.07) is -0.294. The number of carbonyl (C=O) groups is 4. The largest absolute Gasteiger partial charge is 0.457 e. The number of hydrogen-bond acceptors (Lipinski definition) is 7. The zero-order chi connectivity index (χ0) is 35.3. The number of hydrogen-bond donors (Lipinski definition) is 3. The molecule has 2 saturated carbocycles. The second-order valence-electron chi connectivity index (χ2n) is 15.3. The zero-order valence-corrected chi connectivity index (χ0v) is 30.9. The number of carbonyl (C=O) groups excluding carboxylic acids is 4. The Bertz CT molecular complexity index is 1100. The van der Waals surface area contributed by atoms with Gasteiger partial charge in [-0.1, -0.05) is 70.9 Å². The van der Waals surface area contributed by atoms with Crippen molar-refractivity contribution in [2.45, 2.75) is 167 Å². The number of ether oxygens (including phenoxy) is 3. The van der Waals surface area contributed by atoms with Crippen LogP contribution in [0.25, 0.3) is 0 Å². The summed E-state index contributed by atoms with van der Waals surface area (Å²) >= 11 is 0. The fraction of sp³-hybridized carbons (Fsp3) is 0.846. The summed E-state index contributed by atoms with van der Waals surface area (Å²) in [6.45, 7) is 9.53. The number of esters is 1. The molecule has 3 fully saturated rings. The fourth-order valence-corrected chi connectivity index (χ4v) is 9.11. The summed E-state index contributed by atoms with van der Waals surface area (Å²) in [7, 11) is 0. The zero-order valence-electron chi connectivity index (χ0n) is 30.9. The van der Waals surface area contributed by atoms with E-state index >= 15 is 0 Å². The van der Waals surface area contributed by atoms with Gasteiger partial charge in [0.1, 0.15) is 6.10 Å². The van der Waals surface area contributed by atoms with Crippen molar-refractivity contribution in [2.24, 2.45) is 29.6 Å². The third-order valence-electron chi connectivity index (χ3n) is 11.5. The average molecular weight is 688 g/mol.